The van der Waals surface area contributed by atoms with Crippen LogP contribution < -0.4 is 0 Å². The lowest BCUT2D eigenvalue weighted by Crippen LogP contribution is -2.40. The number of carbonyl (C=O) groups excluding carboxylic acids is 2. The number of carbonyl (C=O) groups is 2. The molecule has 1 aromatic rings. The summed E-state index contributed by atoms with van der Waals surface area (Å²) in [6, 6.07) is 3.65. The van der Waals surface area contributed by atoms with Crippen molar-refractivity contribution in [2.75, 3.05) is 32.8 Å². The summed E-state index contributed by atoms with van der Waals surface area (Å²) < 4.78 is 10.7. The number of hydrogen-bond donors (Lipinski definition) is 0. The van der Waals surface area contributed by atoms with Crippen LogP contribution in [0.1, 0.15) is 25.5 Å². The van der Waals surface area contributed by atoms with Crippen LogP contribution in [-0.4, -0.2) is 54.5 Å². The number of ether oxygens (including phenoxy) is 1. The molecule has 0 N–H and O–H groups in total. The van der Waals surface area contributed by atoms with Gasteiger partial charge in [0.1, 0.15) is 5.76 Å². The van der Waals surface area contributed by atoms with Crippen molar-refractivity contribution >= 4 is 11.8 Å². The first-order valence-electron chi connectivity index (χ1n) is 8.34. The summed E-state index contributed by atoms with van der Waals surface area (Å²) in [5, 5.41) is 0. The molecule has 3 heterocycles. The molecule has 2 saturated heterocycles. The topological polar surface area (TPSA) is 63.0 Å². The third-order valence-corrected chi connectivity index (χ3v) is 4.69. The highest BCUT2D eigenvalue weighted by molar-refractivity contribution is 5.89. The summed E-state index contributed by atoms with van der Waals surface area (Å²) in [5.41, 5.74) is 0. The summed E-state index contributed by atoms with van der Waals surface area (Å²) in [5.74, 6) is 1.06. The Bertz CT molecular complexity index is 537. The van der Waals surface area contributed by atoms with E-state index in [2.05, 4.69) is 0 Å². The number of furan rings is 1. The average Bonchev–Trinajstić information content (AvgIpc) is 3.28. The normalized spacial score (nSPS) is 24.4. The highest BCUT2D eigenvalue weighted by Crippen LogP contribution is 2.23. The van der Waals surface area contributed by atoms with Crippen LogP contribution in [0.15, 0.2) is 22.8 Å². The molecule has 6 nitrogen and oxygen atoms in total. The van der Waals surface area contributed by atoms with Gasteiger partial charge in [-0.2, -0.15) is 0 Å². The van der Waals surface area contributed by atoms with Gasteiger partial charge in [0.25, 0.3) is 0 Å². The molecule has 0 aliphatic carbocycles. The molecule has 0 radical (unpaired) electrons. The number of amides is 2. The van der Waals surface area contributed by atoms with Gasteiger partial charge in [-0.05, 0) is 25.5 Å². The molecule has 2 aliphatic rings. The molecule has 3 rings (SSSR count). The number of hydrogen-bond acceptors (Lipinski definition) is 4. The maximum atomic E-state index is 12.7. The van der Waals surface area contributed by atoms with E-state index in [4.69, 9.17) is 9.15 Å². The maximum absolute atomic E-state index is 12.7. The van der Waals surface area contributed by atoms with E-state index in [1.807, 2.05) is 17.9 Å². The fourth-order valence-electron chi connectivity index (χ4n) is 3.35. The molecule has 0 spiro atoms. The van der Waals surface area contributed by atoms with E-state index >= 15 is 0 Å². The van der Waals surface area contributed by atoms with Gasteiger partial charge in [-0.3, -0.25) is 9.59 Å². The lowest BCUT2D eigenvalue weighted by molar-refractivity contribution is -0.136. The predicted octanol–water partition coefficient (Wildman–Crippen LogP) is 1.51. The summed E-state index contributed by atoms with van der Waals surface area (Å²) in [6.07, 6.45) is 2.91. The van der Waals surface area contributed by atoms with E-state index in [-0.39, 0.29) is 17.7 Å². The molecule has 0 saturated carbocycles. The fourth-order valence-corrected chi connectivity index (χ4v) is 3.35. The molecule has 23 heavy (non-hydrogen) atoms. The van der Waals surface area contributed by atoms with Gasteiger partial charge in [0.05, 0.1) is 25.3 Å². The highest BCUT2D eigenvalue weighted by Gasteiger charge is 2.37. The van der Waals surface area contributed by atoms with E-state index in [0.29, 0.717) is 32.0 Å². The third-order valence-electron chi connectivity index (χ3n) is 4.69. The van der Waals surface area contributed by atoms with E-state index < -0.39 is 0 Å². The quantitative estimate of drug-likeness (QED) is 0.797. The highest BCUT2D eigenvalue weighted by atomic mass is 16.5. The molecule has 2 fully saturated rings. The Morgan fingerprint density at radius 3 is 3.00 bits per heavy atom. The fraction of sp³-hybridized carbons (Fsp3) is 0.647. The predicted molar refractivity (Wildman–Crippen MR) is 83.4 cm³/mol. The zero-order valence-corrected chi connectivity index (χ0v) is 13.6. The molecule has 0 aromatic carbocycles. The molecular weight excluding hydrogens is 296 g/mol. The van der Waals surface area contributed by atoms with Gasteiger partial charge < -0.3 is 19.0 Å². The number of rotatable bonds is 6. The van der Waals surface area contributed by atoms with Gasteiger partial charge in [0.15, 0.2) is 0 Å². The van der Waals surface area contributed by atoms with Gasteiger partial charge in [0.2, 0.25) is 11.8 Å². The van der Waals surface area contributed by atoms with E-state index in [1.165, 1.54) is 0 Å². The van der Waals surface area contributed by atoms with Crippen LogP contribution in [0.3, 0.4) is 0 Å². The SMILES string of the molecule is CCN(C[C@H]1CCOC1)C(=O)[C@H]1CC(=O)N(Cc2ccco2)C1. The number of nitrogens with zero attached hydrogens (tertiary/aromatic N) is 2. The Morgan fingerprint density at radius 1 is 1.48 bits per heavy atom. The minimum atomic E-state index is -0.236. The van der Waals surface area contributed by atoms with E-state index in [9.17, 15) is 9.59 Å². The standard InChI is InChI=1S/C17H24N2O4/c1-2-18(9-13-5-7-22-12-13)17(21)14-8-16(20)19(10-14)11-15-4-3-6-23-15/h3-4,6,13-14H,2,5,7-12H2,1H3/t13-,14+/m1/s1. The van der Waals surface area contributed by atoms with Gasteiger partial charge in [0, 0.05) is 38.6 Å². The van der Waals surface area contributed by atoms with Crippen LogP contribution in [-0.2, 0) is 20.9 Å². The van der Waals surface area contributed by atoms with Crippen molar-refractivity contribution < 1.29 is 18.7 Å². The van der Waals surface area contributed by atoms with Crippen molar-refractivity contribution in [3.63, 3.8) is 0 Å². The van der Waals surface area contributed by atoms with Crippen molar-refractivity contribution in [1.82, 2.24) is 9.80 Å². The first kappa shape index (κ1) is 16.1. The van der Waals surface area contributed by atoms with Crippen molar-refractivity contribution in [2.24, 2.45) is 11.8 Å². The zero-order chi connectivity index (χ0) is 16.2. The van der Waals surface area contributed by atoms with Gasteiger partial charge in [-0.1, -0.05) is 0 Å². The van der Waals surface area contributed by atoms with E-state index in [1.54, 1.807) is 17.2 Å². The lowest BCUT2D eigenvalue weighted by Gasteiger charge is -2.26. The molecule has 6 heteroatoms. The molecule has 2 amide bonds. The second-order valence-corrected chi connectivity index (χ2v) is 6.36. The molecule has 0 bridgehead atoms. The van der Waals surface area contributed by atoms with Crippen molar-refractivity contribution in [2.45, 2.75) is 26.3 Å². The summed E-state index contributed by atoms with van der Waals surface area (Å²) >= 11 is 0. The van der Waals surface area contributed by atoms with Gasteiger partial charge >= 0.3 is 0 Å². The summed E-state index contributed by atoms with van der Waals surface area (Å²) in [4.78, 5) is 28.5. The second kappa shape index (κ2) is 7.17. The number of likely N-dealkylation sites (tertiary alicyclic amines) is 1. The average molecular weight is 320 g/mol. The van der Waals surface area contributed by atoms with Gasteiger partial charge in [-0.15, -0.1) is 0 Å². The molecule has 1 aromatic heterocycles. The van der Waals surface area contributed by atoms with Crippen molar-refractivity contribution in [3.05, 3.63) is 24.2 Å². The Morgan fingerprint density at radius 2 is 2.35 bits per heavy atom. The minimum Gasteiger partial charge on any atom is -0.467 e. The molecule has 2 atom stereocenters. The first-order valence-corrected chi connectivity index (χ1v) is 8.34. The van der Waals surface area contributed by atoms with Crippen LogP contribution in [0.4, 0.5) is 0 Å². The van der Waals surface area contributed by atoms with Crippen LogP contribution in [0.5, 0.6) is 0 Å². The second-order valence-electron chi connectivity index (χ2n) is 6.36. The molecule has 126 valence electrons. The minimum absolute atomic E-state index is 0.0278. The van der Waals surface area contributed by atoms with Crippen LogP contribution in [0.25, 0.3) is 0 Å². The lowest BCUT2D eigenvalue weighted by atomic mass is 10.0. The van der Waals surface area contributed by atoms with E-state index in [0.717, 1.165) is 31.9 Å². The summed E-state index contributed by atoms with van der Waals surface area (Å²) in [7, 11) is 0. The Kier molecular flexibility index (Phi) is 5.00. The van der Waals surface area contributed by atoms with Gasteiger partial charge in [-0.25, -0.2) is 0 Å². The monoisotopic (exact) mass is 320 g/mol. The maximum Gasteiger partial charge on any atom is 0.227 e. The molecule has 0 unspecified atom stereocenters. The first-order chi connectivity index (χ1) is 11.2. The Hall–Kier alpha value is -1.82. The zero-order valence-electron chi connectivity index (χ0n) is 13.6. The third kappa shape index (κ3) is 3.75. The van der Waals surface area contributed by atoms with Crippen LogP contribution in [0.2, 0.25) is 0 Å². The smallest absolute Gasteiger partial charge is 0.227 e. The van der Waals surface area contributed by atoms with Crippen molar-refractivity contribution in [1.29, 1.82) is 0 Å². The largest absolute Gasteiger partial charge is 0.467 e. The van der Waals surface area contributed by atoms with Crippen LogP contribution in [0, 0.1) is 11.8 Å². The Labute approximate surface area is 136 Å². The van der Waals surface area contributed by atoms with Crippen molar-refractivity contribution in [3.8, 4) is 0 Å². The van der Waals surface area contributed by atoms with Crippen LogP contribution >= 0.6 is 0 Å². The Balaban J connectivity index is 1.57. The summed E-state index contributed by atoms with van der Waals surface area (Å²) in [6.45, 7) is 5.85. The molecule has 2 aliphatic heterocycles. The molecular formula is C17H24N2O4.